The minimum atomic E-state index is -1.21. The predicted molar refractivity (Wildman–Crippen MR) is 89.9 cm³/mol. The van der Waals surface area contributed by atoms with Crippen molar-refractivity contribution < 1.29 is 4.79 Å². The van der Waals surface area contributed by atoms with Crippen LogP contribution in [0.25, 0.3) is 0 Å². The third kappa shape index (κ3) is 4.67. The maximum absolute atomic E-state index is 12.3. The number of hydrogen-bond acceptors (Lipinski definition) is 2. The van der Waals surface area contributed by atoms with E-state index in [1.165, 1.54) is 11.8 Å². The van der Waals surface area contributed by atoms with Crippen LogP contribution >= 0.6 is 35.0 Å². The summed E-state index contributed by atoms with van der Waals surface area (Å²) in [5, 5.41) is 2.83. The molecule has 2 aromatic rings. The lowest BCUT2D eigenvalue weighted by Gasteiger charge is -2.23. The number of carbonyl (C=O) groups is 1. The summed E-state index contributed by atoms with van der Waals surface area (Å²) >= 11 is 13.6. The van der Waals surface area contributed by atoms with Crippen LogP contribution in [0.2, 0.25) is 0 Å². The molecule has 0 spiro atoms. The van der Waals surface area contributed by atoms with Crippen LogP contribution in [0.3, 0.4) is 0 Å². The van der Waals surface area contributed by atoms with Gasteiger partial charge in [0.1, 0.15) is 0 Å². The molecule has 0 heterocycles. The molecule has 0 fully saturated rings. The zero-order chi connectivity index (χ0) is 15.1. The Kier molecular flexibility index (Phi) is 5.97. The maximum Gasteiger partial charge on any atom is 0.253 e. The maximum atomic E-state index is 12.3. The van der Waals surface area contributed by atoms with Gasteiger partial charge in [-0.3, -0.25) is 4.79 Å². The van der Waals surface area contributed by atoms with Crippen molar-refractivity contribution in [3.63, 3.8) is 0 Å². The first kappa shape index (κ1) is 16.2. The lowest BCUT2D eigenvalue weighted by atomic mass is 10.2. The lowest BCUT2D eigenvalue weighted by Crippen LogP contribution is -2.41. The monoisotopic (exact) mass is 339 g/mol. The van der Waals surface area contributed by atoms with Crippen molar-refractivity contribution in [1.82, 2.24) is 5.32 Å². The van der Waals surface area contributed by atoms with Crippen molar-refractivity contribution in [2.24, 2.45) is 0 Å². The molecule has 1 unspecified atom stereocenters. The molecule has 0 bridgehead atoms. The normalized spacial score (nSPS) is 13.4. The SMILES string of the molecule is O=C(NCc1ccccc1)C(Cl)(CCl)Sc1ccccc1. The summed E-state index contributed by atoms with van der Waals surface area (Å²) in [6.45, 7) is 0.431. The summed E-state index contributed by atoms with van der Waals surface area (Å²) in [7, 11) is 0. The second-order valence-electron chi connectivity index (χ2n) is 4.45. The molecule has 0 aromatic heterocycles. The van der Waals surface area contributed by atoms with Gasteiger partial charge in [-0.1, -0.05) is 71.9 Å². The van der Waals surface area contributed by atoms with Crippen LogP contribution in [-0.2, 0) is 11.3 Å². The topological polar surface area (TPSA) is 29.1 Å². The molecule has 0 radical (unpaired) electrons. The number of halogens is 2. The lowest BCUT2D eigenvalue weighted by molar-refractivity contribution is -0.121. The van der Waals surface area contributed by atoms with Gasteiger partial charge in [0.05, 0.1) is 5.88 Å². The molecular formula is C16H15Cl2NOS. The van der Waals surface area contributed by atoms with Crippen LogP contribution in [0.1, 0.15) is 5.56 Å². The number of nitrogens with one attached hydrogen (secondary N) is 1. The molecule has 21 heavy (non-hydrogen) atoms. The Morgan fingerprint density at radius 2 is 1.62 bits per heavy atom. The first-order valence-corrected chi connectivity index (χ1v) is 8.18. The van der Waals surface area contributed by atoms with Gasteiger partial charge in [-0.2, -0.15) is 0 Å². The highest BCUT2D eigenvalue weighted by Crippen LogP contribution is 2.37. The first-order chi connectivity index (χ1) is 10.1. The fourth-order valence-corrected chi connectivity index (χ4v) is 3.23. The smallest absolute Gasteiger partial charge is 0.253 e. The van der Waals surface area contributed by atoms with Gasteiger partial charge in [-0.25, -0.2) is 0 Å². The number of alkyl halides is 2. The van der Waals surface area contributed by atoms with Crippen molar-refractivity contribution in [3.8, 4) is 0 Å². The van der Waals surface area contributed by atoms with Gasteiger partial charge < -0.3 is 5.32 Å². The molecule has 1 amide bonds. The van der Waals surface area contributed by atoms with Crippen molar-refractivity contribution in [1.29, 1.82) is 0 Å². The second kappa shape index (κ2) is 7.74. The summed E-state index contributed by atoms with van der Waals surface area (Å²) in [4.78, 5) is 13.2. The molecule has 1 atom stereocenters. The van der Waals surface area contributed by atoms with E-state index in [1.807, 2.05) is 60.7 Å². The van der Waals surface area contributed by atoms with Gasteiger partial charge >= 0.3 is 0 Å². The zero-order valence-corrected chi connectivity index (χ0v) is 13.6. The number of carbonyl (C=O) groups excluding carboxylic acids is 1. The number of rotatable bonds is 6. The molecule has 2 nitrogen and oxygen atoms in total. The van der Waals surface area contributed by atoms with Crippen molar-refractivity contribution in [2.45, 2.75) is 15.6 Å². The molecule has 0 aliphatic carbocycles. The highest BCUT2D eigenvalue weighted by Gasteiger charge is 2.36. The average Bonchev–Trinajstić information content (AvgIpc) is 2.54. The van der Waals surface area contributed by atoms with Gasteiger partial charge in [0.2, 0.25) is 0 Å². The van der Waals surface area contributed by atoms with E-state index in [1.54, 1.807) is 0 Å². The number of benzene rings is 2. The van der Waals surface area contributed by atoms with E-state index in [2.05, 4.69) is 5.32 Å². The Bertz CT molecular complexity index is 579. The molecule has 5 heteroatoms. The molecule has 0 aliphatic heterocycles. The molecule has 2 aromatic carbocycles. The summed E-state index contributed by atoms with van der Waals surface area (Å²) < 4.78 is -1.21. The van der Waals surface area contributed by atoms with Crippen molar-refractivity contribution >= 4 is 40.9 Å². The van der Waals surface area contributed by atoms with Crippen molar-refractivity contribution in [2.75, 3.05) is 5.88 Å². The standard InChI is InChI=1S/C16H15Cl2NOS/c17-12-16(18,21-14-9-5-2-6-10-14)15(20)19-11-13-7-3-1-4-8-13/h1-10H,11-12H2,(H,19,20). The molecule has 0 aliphatic rings. The summed E-state index contributed by atoms with van der Waals surface area (Å²) in [6, 6.07) is 19.2. The van der Waals surface area contributed by atoms with Gasteiger partial charge in [0.15, 0.2) is 4.21 Å². The van der Waals surface area contributed by atoms with Gasteiger partial charge in [-0.15, -0.1) is 11.6 Å². The third-order valence-corrected chi connectivity index (χ3v) is 5.22. The fourth-order valence-electron chi connectivity index (χ4n) is 1.72. The summed E-state index contributed by atoms with van der Waals surface area (Å²) in [6.07, 6.45) is 0. The molecule has 110 valence electrons. The van der Waals surface area contributed by atoms with Gasteiger partial charge in [-0.05, 0) is 17.7 Å². The zero-order valence-electron chi connectivity index (χ0n) is 11.3. The predicted octanol–water partition coefficient (Wildman–Crippen LogP) is 4.27. The average molecular weight is 340 g/mol. The number of amides is 1. The Morgan fingerprint density at radius 3 is 2.19 bits per heavy atom. The van der Waals surface area contributed by atoms with E-state index in [9.17, 15) is 4.79 Å². The van der Waals surface area contributed by atoms with Crippen LogP contribution < -0.4 is 5.32 Å². The Hall–Kier alpha value is -1.16. The molecular weight excluding hydrogens is 325 g/mol. The van der Waals surface area contributed by atoms with Gasteiger partial charge in [0, 0.05) is 11.4 Å². The minimum Gasteiger partial charge on any atom is -0.350 e. The Balaban J connectivity index is 2.00. The molecule has 2 rings (SSSR count). The van der Waals surface area contributed by atoms with E-state index in [-0.39, 0.29) is 11.8 Å². The van der Waals surface area contributed by atoms with Crippen LogP contribution in [0, 0.1) is 0 Å². The van der Waals surface area contributed by atoms with Crippen LogP contribution in [0.5, 0.6) is 0 Å². The largest absolute Gasteiger partial charge is 0.350 e. The summed E-state index contributed by atoms with van der Waals surface area (Å²) in [5.41, 5.74) is 1.02. The third-order valence-electron chi connectivity index (χ3n) is 2.83. The number of thioether (sulfide) groups is 1. The van der Waals surface area contributed by atoms with Crippen LogP contribution in [-0.4, -0.2) is 16.0 Å². The van der Waals surface area contributed by atoms with E-state index >= 15 is 0 Å². The highest BCUT2D eigenvalue weighted by molar-refractivity contribution is 8.02. The quantitative estimate of drug-likeness (QED) is 0.629. The van der Waals surface area contributed by atoms with Crippen LogP contribution in [0.4, 0.5) is 0 Å². The minimum absolute atomic E-state index is 0.0226. The van der Waals surface area contributed by atoms with E-state index in [4.69, 9.17) is 23.2 Å². The second-order valence-corrected chi connectivity index (χ2v) is 6.95. The molecule has 1 N–H and O–H groups in total. The molecule has 0 saturated carbocycles. The summed E-state index contributed by atoms with van der Waals surface area (Å²) in [5.74, 6) is -0.258. The fraction of sp³-hybridized carbons (Fsp3) is 0.188. The molecule has 0 saturated heterocycles. The first-order valence-electron chi connectivity index (χ1n) is 6.45. The Morgan fingerprint density at radius 1 is 1.05 bits per heavy atom. The Labute approximate surface area is 138 Å². The van der Waals surface area contributed by atoms with E-state index in [0.29, 0.717) is 6.54 Å². The highest BCUT2D eigenvalue weighted by atomic mass is 35.5. The van der Waals surface area contributed by atoms with Crippen LogP contribution in [0.15, 0.2) is 65.6 Å². The van der Waals surface area contributed by atoms with E-state index < -0.39 is 4.21 Å². The van der Waals surface area contributed by atoms with E-state index in [0.717, 1.165) is 10.5 Å². The number of hydrogen-bond donors (Lipinski definition) is 1. The van der Waals surface area contributed by atoms with Crippen molar-refractivity contribution in [3.05, 3.63) is 66.2 Å². The van der Waals surface area contributed by atoms with Gasteiger partial charge in [0.25, 0.3) is 5.91 Å².